The Morgan fingerprint density at radius 1 is 1.50 bits per heavy atom. The van der Waals surface area contributed by atoms with Crippen molar-refractivity contribution in [2.45, 2.75) is 13.0 Å². The molecule has 0 unspecified atom stereocenters. The quantitative estimate of drug-likeness (QED) is 0.889. The number of hydrogen-bond donors (Lipinski definition) is 1. The number of nitrogens with two attached hydrogens (primary N) is 1. The second-order valence-electron chi connectivity index (χ2n) is 3.67. The van der Waals surface area contributed by atoms with Gasteiger partial charge in [0.15, 0.2) is 0 Å². The van der Waals surface area contributed by atoms with Gasteiger partial charge < -0.3 is 15.2 Å². The molecule has 1 aromatic rings. The van der Waals surface area contributed by atoms with E-state index in [4.69, 9.17) is 5.73 Å². The zero-order valence-electron chi connectivity index (χ0n) is 9.24. The molecule has 1 rings (SSSR count). The summed E-state index contributed by atoms with van der Waals surface area (Å²) in [6, 6.07) is 0. The number of aryl methyl sites for hydroxylation is 1. The van der Waals surface area contributed by atoms with Crippen molar-refractivity contribution in [3.05, 3.63) is 27.1 Å². The number of anilines is 1. The predicted octanol–water partition coefficient (Wildman–Crippen LogP) is 0.671. The van der Waals surface area contributed by atoms with E-state index in [-0.39, 0.29) is 17.0 Å². The molecule has 1 heterocycles. The van der Waals surface area contributed by atoms with E-state index in [0.717, 1.165) is 0 Å². The van der Waals surface area contributed by atoms with Crippen LogP contribution >= 0.6 is 15.9 Å². The van der Waals surface area contributed by atoms with Crippen LogP contribution < -0.4 is 11.2 Å². The number of carbonyl (C=O) groups excluding carboxylic acids is 1. The molecule has 88 valence electrons. The molecule has 0 fully saturated rings. The van der Waals surface area contributed by atoms with E-state index in [1.165, 1.54) is 11.1 Å². The maximum Gasteiger partial charge on any atom is 0.223 e. The van der Waals surface area contributed by atoms with Gasteiger partial charge in [-0.25, -0.2) is 0 Å². The van der Waals surface area contributed by atoms with Crippen LogP contribution in [0, 0.1) is 0 Å². The second-order valence-corrected chi connectivity index (χ2v) is 4.52. The van der Waals surface area contributed by atoms with Crippen molar-refractivity contribution in [1.29, 1.82) is 0 Å². The highest BCUT2D eigenvalue weighted by atomic mass is 79.9. The van der Waals surface area contributed by atoms with Gasteiger partial charge in [0.05, 0.1) is 10.2 Å². The Kier molecular flexibility index (Phi) is 4.12. The zero-order valence-corrected chi connectivity index (χ0v) is 10.8. The number of amides is 1. The highest BCUT2D eigenvalue weighted by Gasteiger charge is 2.06. The minimum absolute atomic E-state index is 0.0355. The van der Waals surface area contributed by atoms with Crippen molar-refractivity contribution in [2.75, 3.05) is 19.8 Å². The molecule has 0 aromatic carbocycles. The average molecular weight is 288 g/mol. The molecule has 6 heteroatoms. The Morgan fingerprint density at radius 3 is 2.62 bits per heavy atom. The summed E-state index contributed by atoms with van der Waals surface area (Å²) in [5, 5.41) is 0. The SMILES string of the molecule is CN(C)C(=O)CCn1cc(N)c(=O)c(Br)c1. The van der Waals surface area contributed by atoms with Crippen LogP contribution in [0.5, 0.6) is 0 Å². The Balaban J connectivity index is 2.76. The second kappa shape index (κ2) is 5.16. The van der Waals surface area contributed by atoms with Crippen LogP contribution in [0.25, 0.3) is 0 Å². The summed E-state index contributed by atoms with van der Waals surface area (Å²) in [7, 11) is 3.41. The smallest absolute Gasteiger partial charge is 0.223 e. The first-order valence-electron chi connectivity index (χ1n) is 4.77. The molecule has 0 spiro atoms. The number of hydrogen-bond acceptors (Lipinski definition) is 3. The first-order valence-corrected chi connectivity index (χ1v) is 5.56. The summed E-state index contributed by atoms with van der Waals surface area (Å²) >= 11 is 3.12. The van der Waals surface area contributed by atoms with Crippen LogP contribution in [0.4, 0.5) is 5.69 Å². The molecule has 0 aliphatic rings. The normalized spacial score (nSPS) is 10.2. The lowest BCUT2D eigenvalue weighted by Crippen LogP contribution is -2.23. The van der Waals surface area contributed by atoms with Crippen LogP contribution in [-0.4, -0.2) is 29.5 Å². The van der Waals surface area contributed by atoms with Gasteiger partial charge in [0.1, 0.15) is 0 Å². The fourth-order valence-electron chi connectivity index (χ4n) is 1.19. The third-order valence-electron chi connectivity index (χ3n) is 2.15. The molecular formula is C10H14BrN3O2. The van der Waals surface area contributed by atoms with Crippen molar-refractivity contribution < 1.29 is 4.79 Å². The summed E-state index contributed by atoms with van der Waals surface area (Å²) in [4.78, 5) is 24.2. The molecule has 16 heavy (non-hydrogen) atoms. The van der Waals surface area contributed by atoms with Gasteiger partial charge in [-0.15, -0.1) is 0 Å². The van der Waals surface area contributed by atoms with Gasteiger partial charge in [-0.3, -0.25) is 9.59 Å². The van der Waals surface area contributed by atoms with E-state index in [0.29, 0.717) is 17.4 Å². The maximum atomic E-state index is 11.4. The summed E-state index contributed by atoms with van der Waals surface area (Å²) < 4.78 is 2.13. The number of aromatic nitrogens is 1. The van der Waals surface area contributed by atoms with Gasteiger partial charge >= 0.3 is 0 Å². The maximum absolute atomic E-state index is 11.4. The van der Waals surface area contributed by atoms with E-state index >= 15 is 0 Å². The molecule has 0 radical (unpaired) electrons. The van der Waals surface area contributed by atoms with Crippen LogP contribution in [0.1, 0.15) is 6.42 Å². The summed E-state index contributed by atoms with van der Waals surface area (Å²) in [6.07, 6.45) is 3.54. The molecule has 0 saturated heterocycles. The fraction of sp³-hybridized carbons (Fsp3) is 0.400. The summed E-state index contributed by atoms with van der Waals surface area (Å²) in [5.41, 5.74) is 5.48. The number of halogens is 1. The van der Waals surface area contributed by atoms with Gasteiger partial charge in [-0.05, 0) is 15.9 Å². The third kappa shape index (κ3) is 3.10. The minimum atomic E-state index is -0.227. The van der Waals surface area contributed by atoms with Crippen molar-refractivity contribution in [1.82, 2.24) is 9.47 Å². The lowest BCUT2D eigenvalue weighted by Gasteiger charge is -2.12. The molecule has 0 bridgehead atoms. The van der Waals surface area contributed by atoms with Crippen molar-refractivity contribution in [3.8, 4) is 0 Å². The van der Waals surface area contributed by atoms with Crippen molar-refractivity contribution in [2.24, 2.45) is 0 Å². The lowest BCUT2D eigenvalue weighted by molar-refractivity contribution is -0.128. The molecule has 0 aliphatic carbocycles. The molecular weight excluding hydrogens is 274 g/mol. The zero-order chi connectivity index (χ0) is 12.3. The average Bonchev–Trinajstić information content (AvgIpc) is 2.22. The summed E-state index contributed by atoms with van der Waals surface area (Å²) in [5.74, 6) is 0.0355. The standard InChI is InChI=1S/C10H14BrN3O2/c1-13(2)9(15)3-4-14-5-7(11)10(16)8(12)6-14/h5-6H,3-4,12H2,1-2H3. The van der Waals surface area contributed by atoms with E-state index < -0.39 is 0 Å². The van der Waals surface area contributed by atoms with Crippen LogP contribution in [0.2, 0.25) is 0 Å². The third-order valence-corrected chi connectivity index (χ3v) is 2.71. The Hall–Kier alpha value is -1.30. The minimum Gasteiger partial charge on any atom is -0.394 e. The molecule has 0 atom stereocenters. The molecule has 0 saturated carbocycles. The largest absolute Gasteiger partial charge is 0.394 e. The van der Waals surface area contributed by atoms with E-state index in [9.17, 15) is 9.59 Å². The van der Waals surface area contributed by atoms with E-state index in [1.54, 1.807) is 24.9 Å². The summed E-state index contributed by atoms with van der Waals surface area (Å²) in [6.45, 7) is 0.500. The first kappa shape index (κ1) is 12.8. The number of pyridine rings is 1. The monoisotopic (exact) mass is 287 g/mol. The number of nitrogen functional groups attached to an aromatic ring is 1. The van der Waals surface area contributed by atoms with Crippen LogP contribution in [-0.2, 0) is 11.3 Å². The van der Waals surface area contributed by atoms with Gasteiger partial charge in [-0.1, -0.05) is 0 Å². The van der Waals surface area contributed by atoms with Gasteiger partial charge in [0, 0.05) is 39.5 Å². The highest BCUT2D eigenvalue weighted by molar-refractivity contribution is 9.10. The van der Waals surface area contributed by atoms with Crippen LogP contribution in [0.3, 0.4) is 0 Å². The lowest BCUT2D eigenvalue weighted by atomic mass is 10.3. The Morgan fingerprint density at radius 2 is 2.12 bits per heavy atom. The molecule has 5 nitrogen and oxygen atoms in total. The first-order chi connectivity index (χ1) is 7.41. The predicted molar refractivity (Wildman–Crippen MR) is 66.1 cm³/mol. The fourth-order valence-corrected chi connectivity index (χ4v) is 1.69. The number of rotatable bonds is 3. The van der Waals surface area contributed by atoms with Crippen LogP contribution in [0.15, 0.2) is 21.7 Å². The van der Waals surface area contributed by atoms with Gasteiger partial charge in [0.25, 0.3) is 0 Å². The Bertz CT molecular complexity index is 428. The Labute approximate surface area is 102 Å². The van der Waals surface area contributed by atoms with Crippen molar-refractivity contribution >= 4 is 27.5 Å². The molecule has 0 aliphatic heterocycles. The topological polar surface area (TPSA) is 68.3 Å². The van der Waals surface area contributed by atoms with E-state index in [2.05, 4.69) is 15.9 Å². The molecule has 2 N–H and O–H groups in total. The van der Waals surface area contributed by atoms with Gasteiger partial charge in [0.2, 0.25) is 11.3 Å². The number of carbonyl (C=O) groups is 1. The number of nitrogens with zero attached hydrogens (tertiary/aromatic N) is 2. The van der Waals surface area contributed by atoms with Crippen molar-refractivity contribution in [3.63, 3.8) is 0 Å². The van der Waals surface area contributed by atoms with Gasteiger partial charge in [-0.2, -0.15) is 0 Å². The molecule has 1 amide bonds. The van der Waals surface area contributed by atoms with E-state index in [1.807, 2.05) is 0 Å². The highest BCUT2D eigenvalue weighted by Crippen LogP contribution is 2.07. The molecule has 1 aromatic heterocycles.